The second kappa shape index (κ2) is 5.14. The molecule has 0 unspecified atom stereocenters. The topological polar surface area (TPSA) is 61.4 Å². The molecule has 0 aliphatic carbocycles. The van der Waals surface area contributed by atoms with Gasteiger partial charge in [0.2, 0.25) is 0 Å². The highest BCUT2D eigenvalue weighted by Gasteiger charge is 2.18. The summed E-state index contributed by atoms with van der Waals surface area (Å²) in [5, 5.41) is 16.3. The molecular formula is C10H16N2O2S. The lowest BCUT2D eigenvalue weighted by molar-refractivity contribution is 0.182. The first-order chi connectivity index (χ1) is 7.03. The minimum Gasteiger partial charge on any atom is -0.394 e. The second-order valence-electron chi connectivity index (χ2n) is 3.93. The number of aliphatic hydroxyl groups is 1. The molecule has 1 aromatic heterocycles. The van der Waals surface area contributed by atoms with E-state index in [9.17, 15) is 4.79 Å². The summed E-state index contributed by atoms with van der Waals surface area (Å²) >= 11 is 1.60. The maximum absolute atomic E-state index is 11.4. The number of nitrogens with one attached hydrogen (secondary N) is 2. The fourth-order valence-corrected chi connectivity index (χ4v) is 1.62. The largest absolute Gasteiger partial charge is 0.394 e. The molecule has 0 aliphatic rings. The van der Waals surface area contributed by atoms with E-state index in [-0.39, 0.29) is 12.6 Å². The summed E-state index contributed by atoms with van der Waals surface area (Å²) in [5.74, 6) is 0. The predicted octanol–water partition coefficient (Wildman–Crippen LogP) is 1.32. The Balaban J connectivity index is 2.31. The van der Waals surface area contributed by atoms with Gasteiger partial charge in [-0.3, -0.25) is 0 Å². The van der Waals surface area contributed by atoms with Crippen molar-refractivity contribution in [2.75, 3.05) is 6.61 Å². The summed E-state index contributed by atoms with van der Waals surface area (Å²) in [6.45, 7) is 3.96. The number of rotatable bonds is 4. The SMILES string of the molecule is CC(C)(CO)NC(=O)NCc1cccs1. The van der Waals surface area contributed by atoms with Crippen LogP contribution in [0.4, 0.5) is 4.79 Å². The molecule has 1 rings (SSSR count). The van der Waals surface area contributed by atoms with Crippen LogP contribution in [-0.4, -0.2) is 23.3 Å². The van der Waals surface area contributed by atoms with Crippen molar-refractivity contribution in [3.63, 3.8) is 0 Å². The van der Waals surface area contributed by atoms with Gasteiger partial charge in [-0.2, -0.15) is 0 Å². The van der Waals surface area contributed by atoms with Gasteiger partial charge in [-0.15, -0.1) is 11.3 Å². The molecule has 84 valence electrons. The average Bonchev–Trinajstić information content (AvgIpc) is 2.66. The molecule has 0 aromatic carbocycles. The van der Waals surface area contributed by atoms with Gasteiger partial charge in [0.15, 0.2) is 0 Å². The zero-order valence-corrected chi connectivity index (χ0v) is 9.73. The molecule has 0 fully saturated rings. The van der Waals surface area contributed by atoms with Crippen molar-refractivity contribution in [3.8, 4) is 0 Å². The van der Waals surface area contributed by atoms with Crippen LogP contribution in [0.2, 0.25) is 0 Å². The quantitative estimate of drug-likeness (QED) is 0.728. The molecule has 5 heteroatoms. The Morgan fingerprint density at radius 3 is 2.87 bits per heavy atom. The van der Waals surface area contributed by atoms with Gasteiger partial charge in [-0.1, -0.05) is 6.07 Å². The van der Waals surface area contributed by atoms with Gasteiger partial charge in [-0.25, -0.2) is 4.79 Å². The number of hydrogen-bond donors (Lipinski definition) is 3. The molecule has 4 nitrogen and oxygen atoms in total. The Morgan fingerprint density at radius 2 is 2.33 bits per heavy atom. The van der Waals surface area contributed by atoms with Crippen molar-refractivity contribution < 1.29 is 9.90 Å². The highest BCUT2D eigenvalue weighted by atomic mass is 32.1. The number of amides is 2. The first-order valence-corrected chi connectivity index (χ1v) is 5.61. The molecule has 0 atom stereocenters. The minimum atomic E-state index is -0.584. The molecule has 15 heavy (non-hydrogen) atoms. The molecule has 0 spiro atoms. The van der Waals surface area contributed by atoms with Crippen LogP contribution in [0, 0.1) is 0 Å². The standard InChI is InChI=1S/C10H16N2O2S/c1-10(2,7-13)12-9(14)11-6-8-4-3-5-15-8/h3-5,13H,6-7H2,1-2H3,(H2,11,12,14). The Kier molecular flexibility index (Phi) is 4.11. The molecule has 1 heterocycles. The molecule has 1 aromatic rings. The monoisotopic (exact) mass is 228 g/mol. The van der Waals surface area contributed by atoms with Gasteiger partial charge in [0.05, 0.1) is 18.7 Å². The van der Waals surface area contributed by atoms with Crippen molar-refractivity contribution in [2.45, 2.75) is 25.9 Å². The highest BCUT2D eigenvalue weighted by molar-refractivity contribution is 7.09. The van der Waals surface area contributed by atoms with Gasteiger partial charge in [0.1, 0.15) is 0 Å². The van der Waals surface area contributed by atoms with Gasteiger partial charge in [0, 0.05) is 4.88 Å². The molecule has 2 amide bonds. The van der Waals surface area contributed by atoms with E-state index in [0.29, 0.717) is 6.54 Å². The summed E-state index contributed by atoms with van der Waals surface area (Å²) < 4.78 is 0. The summed E-state index contributed by atoms with van der Waals surface area (Å²) in [6, 6.07) is 3.64. The van der Waals surface area contributed by atoms with Crippen molar-refractivity contribution >= 4 is 17.4 Å². The minimum absolute atomic E-state index is 0.0839. The lowest BCUT2D eigenvalue weighted by Crippen LogP contribution is -2.50. The van der Waals surface area contributed by atoms with Crippen LogP contribution in [0.1, 0.15) is 18.7 Å². The summed E-state index contributed by atoms with van der Waals surface area (Å²) in [5.41, 5.74) is -0.584. The normalized spacial score (nSPS) is 11.1. The van der Waals surface area contributed by atoms with Gasteiger partial charge >= 0.3 is 6.03 Å². The van der Waals surface area contributed by atoms with E-state index in [1.165, 1.54) is 0 Å². The van der Waals surface area contributed by atoms with Crippen LogP contribution >= 0.6 is 11.3 Å². The zero-order valence-electron chi connectivity index (χ0n) is 8.91. The molecule has 0 saturated heterocycles. The number of aliphatic hydroxyl groups excluding tert-OH is 1. The Labute approximate surface area is 93.3 Å². The number of carbonyl (C=O) groups is 1. The van der Waals surface area contributed by atoms with Crippen molar-refractivity contribution in [1.82, 2.24) is 10.6 Å². The summed E-state index contributed by atoms with van der Waals surface area (Å²) in [6.07, 6.45) is 0. The highest BCUT2D eigenvalue weighted by Crippen LogP contribution is 2.07. The maximum atomic E-state index is 11.4. The van der Waals surface area contributed by atoms with Crippen molar-refractivity contribution in [1.29, 1.82) is 0 Å². The third-order valence-electron chi connectivity index (χ3n) is 1.85. The fraction of sp³-hybridized carbons (Fsp3) is 0.500. The van der Waals surface area contributed by atoms with Crippen LogP contribution in [0.3, 0.4) is 0 Å². The Hall–Kier alpha value is -1.07. The van der Waals surface area contributed by atoms with Gasteiger partial charge in [-0.05, 0) is 25.3 Å². The zero-order chi connectivity index (χ0) is 11.3. The smallest absolute Gasteiger partial charge is 0.315 e. The maximum Gasteiger partial charge on any atom is 0.315 e. The number of thiophene rings is 1. The van der Waals surface area contributed by atoms with Gasteiger partial charge in [0.25, 0.3) is 0 Å². The van der Waals surface area contributed by atoms with E-state index >= 15 is 0 Å². The first-order valence-electron chi connectivity index (χ1n) is 4.73. The summed E-state index contributed by atoms with van der Waals surface area (Å²) in [4.78, 5) is 12.5. The molecule has 0 radical (unpaired) electrons. The van der Waals surface area contributed by atoms with E-state index in [1.54, 1.807) is 25.2 Å². The third-order valence-corrected chi connectivity index (χ3v) is 2.73. The van der Waals surface area contributed by atoms with E-state index in [0.717, 1.165) is 4.88 Å². The lowest BCUT2D eigenvalue weighted by atomic mass is 10.1. The van der Waals surface area contributed by atoms with Crippen LogP contribution in [0.25, 0.3) is 0 Å². The number of carbonyl (C=O) groups excluding carboxylic acids is 1. The van der Waals surface area contributed by atoms with E-state index in [4.69, 9.17) is 5.11 Å². The molecule has 3 N–H and O–H groups in total. The molecule has 0 saturated carbocycles. The Bertz CT molecular complexity index is 309. The van der Waals surface area contributed by atoms with Crippen LogP contribution < -0.4 is 10.6 Å². The van der Waals surface area contributed by atoms with E-state index < -0.39 is 5.54 Å². The lowest BCUT2D eigenvalue weighted by Gasteiger charge is -2.23. The van der Waals surface area contributed by atoms with Crippen molar-refractivity contribution in [2.24, 2.45) is 0 Å². The first kappa shape index (κ1) is 12.0. The van der Waals surface area contributed by atoms with Crippen LogP contribution in [0.15, 0.2) is 17.5 Å². The number of urea groups is 1. The van der Waals surface area contributed by atoms with Crippen molar-refractivity contribution in [3.05, 3.63) is 22.4 Å². The second-order valence-corrected chi connectivity index (χ2v) is 4.96. The predicted molar refractivity (Wildman–Crippen MR) is 60.9 cm³/mol. The average molecular weight is 228 g/mol. The van der Waals surface area contributed by atoms with Gasteiger partial charge < -0.3 is 15.7 Å². The molecule has 0 bridgehead atoms. The van der Waals surface area contributed by atoms with E-state index in [1.807, 2.05) is 17.5 Å². The molecule has 0 aliphatic heterocycles. The summed E-state index contributed by atoms with van der Waals surface area (Å²) in [7, 11) is 0. The molecular weight excluding hydrogens is 212 g/mol. The fourth-order valence-electron chi connectivity index (χ4n) is 0.972. The van der Waals surface area contributed by atoms with Crippen LogP contribution in [0.5, 0.6) is 0 Å². The Morgan fingerprint density at radius 1 is 1.60 bits per heavy atom. The third kappa shape index (κ3) is 4.31. The van der Waals surface area contributed by atoms with Crippen LogP contribution in [-0.2, 0) is 6.54 Å². The van der Waals surface area contributed by atoms with E-state index in [2.05, 4.69) is 10.6 Å². The number of hydrogen-bond acceptors (Lipinski definition) is 3.